The molecular formula is C23H14F2N2O5S. The van der Waals surface area contributed by atoms with Crippen LogP contribution in [0.1, 0.15) is 43.1 Å². The minimum absolute atomic E-state index is 0.0165. The smallest absolute Gasteiger partial charge is 0.350 e. The van der Waals surface area contributed by atoms with E-state index in [2.05, 4.69) is 4.98 Å². The van der Waals surface area contributed by atoms with Gasteiger partial charge in [0.2, 0.25) is 5.76 Å². The third-order valence-corrected chi connectivity index (χ3v) is 6.52. The predicted octanol–water partition coefficient (Wildman–Crippen LogP) is 4.37. The highest BCUT2D eigenvalue weighted by Crippen LogP contribution is 2.43. The van der Waals surface area contributed by atoms with Crippen molar-refractivity contribution in [1.29, 1.82) is 0 Å². The lowest BCUT2D eigenvalue weighted by Gasteiger charge is -2.22. The Labute approximate surface area is 188 Å². The van der Waals surface area contributed by atoms with E-state index in [1.165, 1.54) is 42.3 Å². The summed E-state index contributed by atoms with van der Waals surface area (Å²) in [7, 11) is 1.23. The zero-order chi connectivity index (χ0) is 23.4. The van der Waals surface area contributed by atoms with Crippen molar-refractivity contribution in [2.45, 2.75) is 13.0 Å². The Morgan fingerprint density at radius 3 is 2.52 bits per heavy atom. The van der Waals surface area contributed by atoms with Gasteiger partial charge in [-0.1, -0.05) is 23.5 Å². The van der Waals surface area contributed by atoms with E-state index >= 15 is 0 Å². The number of benzene rings is 2. The minimum atomic E-state index is -1.02. The number of nitrogens with zero attached hydrogens (tertiary/aromatic N) is 2. The first-order chi connectivity index (χ1) is 15.8. The summed E-state index contributed by atoms with van der Waals surface area (Å²) in [5.41, 5.74) is 0.211. The maximum Gasteiger partial charge on any atom is 0.350 e. The van der Waals surface area contributed by atoms with Gasteiger partial charge in [-0.15, -0.1) is 0 Å². The van der Waals surface area contributed by atoms with Crippen molar-refractivity contribution >= 4 is 39.3 Å². The predicted molar refractivity (Wildman–Crippen MR) is 116 cm³/mol. The van der Waals surface area contributed by atoms with E-state index in [0.29, 0.717) is 11.3 Å². The fourth-order valence-electron chi connectivity index (χ4n) is 3.87. The van der Waals surface area contributed by atoms with Crippen LogP contribution < -0.4 is 10.3 Å². The average molecular weight is 468 g/mol. The molecule has 2 aromatic heterocycles. The van der Waals surface area contributed by atoms with Gasteiger partial charge in [0.05, 0.1) is 29.8 Å². The molecule has 1 aliphatic heterocycles. The third-order valence-electron chi connectivity index (χ3n) is 5.38. The van der Waals surface area contributed by atoms with Crippen molar-refractivity contribution < 1.29 is 27.5 Å². The monoisotopic (exact) mass is 468 g/mol. The fourth-order valence-corrected chi connectivity index (χ4v) is 4.88. The van der Waals surface area contributed by atoms with E-state index in [0.717, 1.165) is 23.5 Å². The molecule has 5 rings (SSSR count). The van der Waals surface area contributed by atoms with Crippen LogP contribution in [0.15, 0.2) is 51.7 Å². The van der Waals surface area contributed by atoms with Gasteiger partial charge in [-0.05, 0) is 42.8 Å². The first-order valence-electron chi connectivity index (χ1n) is 9.71. The Bertz CT molecular complexity index is 1510. The van der Waals surface area contributed by atoms with Gasteiger partial charge in [-0.3, -0.25) is 14.5 Å². The molecule has 0 bridgehead atoms. The fraction of sp³-hybridized carbons (Fsp3) is 0.130. The number of hydrogen-bond donors (Lipinski definition) is 0. The first kappa shape index (κ1) is 21.0. The molecule has 10 heteroatoms. The summed E-state index contributed by atoms with van der Waals surface area (Å²) in [6, 6.07) is 7.69. The second-order valence-electron chi connectivity index (χ2n) is 7.35. The molecule has 33 heavy (non-hydrogen) atoms. The van der Waals surface area contributed by atoms with E-state index in [1.807, 2.05) is 0 Å². The van der Waals surface area contributed by atoms with Crippen molar-refractivity contribution in [2.24, 2.45) is 0 Å². The maximum atomic E-state index is 13.9. The van der Waals surface area contributed by atoms with Crippen LogP contribution in [-0.2, 0) is 4.74 Å². The van der Waals surface area contributed by atoms with Crippen molar-refractivity contribution in [2.75, 3.05) is 12.0 Å². The van der Waals surface area contributed by atoms with Crippen LogP contribution in [-0.4, -0.2) is 24.0 Å². The number of amides is 1. The van der Waals surface area contributed by atoms with E-state index in [9.17, 15) is 23.2 Å². The average Bonchev–Trinajstić information content (AvgIpc) is 3.32. The topological polar surface area (TPSA) is 89.7 Å². The summed E-state index contributed by atoms with van der Waals surface area (Å²) in [5.74, 6) is -2.63. The van der Waals surface area contributed by atoms with E-state index in [4.69, 9.17) is 9.15 Å². The van der Waals surface area contributed by atoms with Gasteiger partial charge in [0.25, 0.3) is 5.91 Å². The Morgan fingerprint density at radius 1 is 1.12 bits per heavy atom. The second kappa shape index (κ2) is 7.59. The van der Waals surface area contributed by atoms with Crippen molar-refractivity contribution in [3.8, 4) is 0 Å². The Morgan fingerprint density at radius 2 is 1.82 bits per heavy atom. The summed E-state index contributed by atoms with van der Waals surface area (Å²) < 4.78 is 38.0. The number of aryl methyl sites for hydroxylation is 1. The maximum absolute atomic E-state index is 13.9. The number of hydrogen-bond acceptors (Lipinski definition) is 7. The highest BCUT2D eigenvalue weighted by atomic mass is 32.1. The van der Waals surface area contributed by atoms with Crippen LogP contribution in [0.5, 0.6) is 0 Å². The molecule has 1 aliphatic rings. The number of ether oxygens (including phenoxy) is 1. The van der Waals surface area contributed by atoms with Gasteiger partial charge in [0.1, 0.15) is 22.1 Å². The number of fused-ring (bicyclic) bond motifs is 2. The van der Waals surface area contributed by atoms with Crippen LogP contribution in [0.25, 0.3) is 11.0 Å². The van der Waals surface area contributed by atoms with Crippen LogP contribution >= 0.6 is 11.3 Å². The number of carbonyl (C=O) groups is 2. The van der Waals surface area contributed by atoms with Crippen molar-refractivity contribution in [1.82, 2.24) is 4.98 Å². The van der Waals surface area contributed by atoms with Gasteiger partial charge in [-0.25, -0.2) is 18.6 Å². The normalized spacial score (nSPS) is 15.2. The van der Waals surface area contributed by atoms with Crippen molar-refractivity contribution in [3.63, 3.8) is 0 Å². The molecule has 7 nitrogen and oxygen atoms in total. The molecule has 2 aromatic carbocycles. The minimum Gasteiger partial charge on any atom is -0.465 e. The molecule has 166 valence electrons. The Balaban J connectivity index is 1.78. The molecule has 0 N–H and O–H groups in total. The number of aromatic nitrogens is 1. The molecular weight excluding hydrogens is 454 g/mol. The number of rotatable bonds is 3. The molecule has 0 aliphatic carbocycles. The third kappa shape index (κ3) is 3.21. The van der Waals surface area contributed by atoms with Gasteiger partial charge in [-0.2, -0.15) is 0 Å². The number of anilines is 1. The highest BCUT2D eigenvalue weighted by Gasteiger charge is 2.45. The highest BCUT2D eigenvalue weighted by molar-refractivity contribution is 7.17. The molecule has 0 fully saturated rings. The SMILES string of the molecule is COC(=O)c1sc(N2C(=O)c3oc4ccc(F)cc4c(=O)c3[C@@H]2c2ccc(F)cc2)nc1C. The summed E-state index contributed by atoms with van der Waals surface area (Å²) >= 11 is 0.920. The zero-order valence-corrected chi connectivity index (χ0v) is 18.0. The van der Waals surface area contributed by atoms with Crippen molar-refractivity contribution in [3.05, 3.63) is 91.8 Å². The van der Waals surface area contributed by atoms with Crippen LogP contribution in [0.4, 0.5) is 13.9 Å². The molecule has 1 atom stereocenters. The molecule has 0 saturated heterocycles. The molecule has 0 spiro atoms. The number of carbonyl (C=O) groups excluding carboxylic acids is 2. The quantitative estimate of drug-likeness (QED) is 0.415. The summed E-state index contributed by atoms with van der Waals surface area (Å²) in [5, 5.41) is 0.106. The summed E-state index contributed by atoms with van der Waals surface area (Å²) in [6.45, 7) is 1.59. The van der Waals surface area contributed by atoms with Gasteiger partial charge in [0.15, 0.2) is 10.6 Å². The first-order valence-corrected chi connectivity index (χ1v) is 10.5. The lowest BCUT2D eigenvalue weighted by Crippen LogP contribution is -2.29. The number of thiazole rings is 1. The number of esters is 1. The van der Waals surface area contributed by atoms with Gasteiger partial charge >= 0.3 is 5.97 Å². The molecule has 0 saturated carbocycles. The standard InChI is InChI=1S/C23H14F2N2O5S/c1-10-20(22(30)31-2)33-23(26-10)27-17(11-3-5-12(24)6-4-11)16-18(28)14-9-13(25)7-8-15(14)32-19(16)21(27)29/h3-9,17H,1-2H3/t17-/m0/s1. The van der Waals surface area contributed by atoms with E-state index in [1.54, 1.807) is 6.92 Å². The molecule has 0 unspecified atom stereocenters. The molecule has 4 aromatic rings. The van der Waals surface area contributed by atoms with E-state index < -0.39 is 35.0 Å². The van der Waals surface area contributed by atoms with Gasteiger partial charge < -0.3 is 9.15 Å². The Kier molecular flexibility index (Phi) is 4.82. The molecule has 3 heterocycles. The number of halogens is 2. The van der Waals surface area contributed by atoms with Crippen LogP contribution in [0, 0.1) is 18.6 Å². The lowest BCUT2D eigenvalue weighted by atomic mass is 9.98. The largest absolute Gasteiger partial charge is 0.465 e. The van der Waals surface area contributed by atoms with E-state index in [-0.39, 0.29) is 32.3 Å². The van der Waals surface area contributed by atoms with Crippen LogP contribution in [0.3, 0.4) is 0 Å². The summed E-state index contributed by atoms with van der Waals surface area (Å²) in [6.07, 6.45) is 0. The molecule has 1 amide bonds. The Hall–Kier alpha value is -3.92. The second-order valence-corrected chi connectivity index (χ2v) is 8.32. The zero-order valence-electron chi connectivity index (χ0n) is 17.2. The molecule has 0 radical (unpaired) electrons. The number of methoxy groups -OCH3 is 1. The van der Waals surface area contributed by atoms with Gasteiger partial charge in [0, 0.05) is 0 Å². The van der Waals surface area contributed by atoms with Crippen LogP contribution in [0.2, 0.25) is 0 Å². The summed E-state index contributed by atoms with van der Waals surface area (Å²) in [4.78, 5) is 44.7. The lowest BCUT2D eigenvalue weighted by molar-refractivity contribution is 0.0605.